The Morgan fingerprint density at radius 2 is 1.71 bits per heavy atom. The van der Waals surface area contributed by atoms with Gasteiger partial charge in [0.25, 0.3) is 0 Å². The number of amides is 1. The van der Waals surface area contributed by atoms with Crippen LogP contribution in [0.25, 0.3) is 0 Å². The van der Waals surface area contributed by atoms with Crippen molar-refractivity contribution in [2.45, 2.75) is 31.0 Å². The van der Waals surface area contributed by atoms with Crippen LogP contribution in [0.4, 0.5) is 4.79 Å². The zero-order valence-corrected chi connectivity index (χ0v) is 15.0. The SMILES string of the molecule is O=C(NCc1ccccc1)O[C@H]1CO[C@H]2[C@@H]1OC[C@H]2OC(=O)c1cccnc1. The molecule has 0 aliphatic carbocycles. The monoisotopic (exact) mass is 384 g/mol. The maximum atomic E-state index is 12.2. The van der Waals surface area contributed by atoms with E-state index in [4.69, 9.17) is 18.9 Å². The third-order valence-electron chi connectivity index (χ3n) is 4.66. The molecule has 4 rings (SSSR count). The van der Waals surface area contributed by atoms with Crippen LogP contribution in [0.15, 0.2) is 54.9 Å². The first-order chi connectivity index (χ1) is 13.7. The number of esters is 1. The number of ether oxygens (including phenoxy) is 4. The number of carbonyl (C=O) groups is 2. The summed E-state index contributed by atoms with van der Waals surface area (Å²) in [7, 11) is 0. The molecule has 1 N–H and O–H groups in total. The lowest BCUT2D eigenvalue weighted by molar-refractivity contribution is -0.0231. The highest BCUT2D eigenvalue weighted by Gasteiger charge is 2.51. The predicted molar refractivity (Wildman–Crippen MR) is 96.5 cm³/mol. The fraction of sp³-hybridized carbons (Fsp3) is 0.350. The maximum absolute atomic E-state index is 12.2. The average molecular weight is 384 g/mol. The zero-order valence-electron chi connectivity index (χ0n) is 15.0. The van der Waals surface area contributed by atoms with E-state index in [-0.39, 0.29) is 13.2 Å². The van der Waals surface area contributed by atoms with Gasteiger partial charge in [0.2, 0.25) is 0 Å². The molecule has 0 saturated carbocycles. The molecule has 0 unspecified atom stereocenters. The lowest BCUT2D eigenvalue weighted by atomic mass is 10.1. The molecule has 2 aromatic rings. The normalized spacial score (nSPS) is 25.7. The van der Waals surface area contributed by atoms with E-state index in [0.717, 1.165) is 5.56 Å². The largest absolute Gasteiger partial charge is 0.453 e. The highest BCUT2D eigenvalue weighted by Crippen LogP contribution is 2.31. The second-order valence-electron chi connectivity index (χ2n) is 6.56. The Hall–Kier alpha value is -2.97. The van der Waals surface area contributed by atoms with Gasteiger partial charge in [0.15, 0.2) is 12.2 Å². The van der Waals surface area contributed by atoms with Crippen molar-refractivity contribution in [3.05, 3.63) is 66.0 Å². The number of fused-ring (bicyclic) bond motifs is 1. The first-order valence-electron chi connectivity index (χ1n) is 9.03. The fourth-order valence-corrected chi connectivity index (χ4v) is 3.27. The van der Waals surface area contributed by atoms with E-state index >= 15 is 0 Å². The summed E-state index contributed by atoms with van der Waals surface area (Å²) < 4.78 is 22.3. The molecule has 0 bridgehead atoms. The van der Waals surface area contributed by atoms with Crippen LogP contribution in [0.2, 0.25) is 0 Å². The number of rotatable bonds is 5. The number of hydrogen-bond donors (Lipinski definition) is 1. The van der Waals surface area contributed by atoms with Crippen molar-refractivity contribution in [1.29, 1.82) is 0 Å². The Morgan fingerprint density at radius 1 is 1.00 bits per heavy atom. The summed E-state index contributed by atoms with van der Waals surface area (Å²) in [6, 6.07) is 12.8. The van der Waals surface area contributed by atoms with E-state index in [2.05, 4.69) is 10.3 Å². The minimum absolute atomic E-state index is 0.187. The van der Waals surface area contributed by atoms with Crippen molar-refractivity contribution in [1.82, 2.24) is 10.3 Å². The molecule has 1 aromatic carbocycles. The third-order valence-corrected chi connectivity index (χ3v) is 4.66. The summed E-state index contributed by atoms with van der Waals surface area (Å²) in [5.74, 6) is -0.490. The van der Waals surface area contributed by atoms with Crippen LogP contribution in [-0.4, -0.2) is 54.7 Å². The molecule has 8 heteroatoms. The molecule has 2 saturated heterocycles. The minimum atomic E-state index is -0.557. The number of alkyl carbamates (subject to hydrolysis) is 1. The first-order valence-corrected chi connectivity index (χ1v) is 9.03. The van der Waals surface area contributed by atoms with Gasteiger partial charge in [-0.25, -0.2) is 9.59 Å². The van der Waals surface area contributed by atoms with Gasteiger partial charge < -0.3 is 24.3 Å². The van der Waals surface area contributed by atoms with Crippen LogP contribution in [-0.2, 0) is 25.5 Å². The number of aromatic nitrogens is 1. The van der Waals surface area contributed by atoms with Crippen LogP contribution < -0.4 is 5.32 Å². The Morgan fingerprint density at radius 3 is 2.39 bits per heavy atom. The Balaban J connectivity index is 1.27. The highest BCUT2D eigenvalue weighted by molar-refractivity contribution is 5.89. The fourth-order valence-electron chi connectivity index (χ4n) is 3.27. The standard InChI is InChI=1S/C20H20N2O6/c23-19(14-7-4-8-21-10-14)27-15-11-25-18-16(12-26-17(15)18)28-20(24)22-9-13-5-2-1-3-6-13/h1-8,10,15-18H,9,11-12H2,(H,22,24)/t15-,16+,17-,18-/m1/s1. The molecule has 2 fully saturated rings. The summed E-state index contributed by atoms with van der Waals surface area (Å²) >= 11 is 0. The van der Waals surface area contributed by atoms with Crippen LogP contribution in [0, 0.1) is 0 Å². The summed E-state index contributed by atoms with van der Waals surface area (Å²) in [5.41, 5.74) is 1.33. The quantitative estimate of drug-likeness (QED) is 0.784. The Labute approximate surface area is 161 Å². The molecule has 8 nitrogen and oxygen atoms in total. The lowest BCUT2D eigenvalue weighted by Crippen LogP contribution is -2.38. The van der Waals surface area contributed by atoms with Crippen molar-refractivity contribution in [3.8, 4) is 0 Å². The molecule has 4 atom stereocenters. The van der Waals surface area contributed by atoms with Gasteiger partial charge in [0, 0.05) is 18.9 Å². The van der Waals surface area contributed by atoms with Crippen LogP contribution >= 0.6 is 0 Å². The summed E-state index contributed by atoms with van der Waals surface area (Å²) in [6.45, 7) is 0.745. The van der Waals surface area contributed by atoms with Crippen LogP contribution in [0.1, 0.15) is 15.9 Å². The van der Waals surface area contributed by atoms with Gasteiger partial charge >= 0.3 is 12.1 Å². The molecular weight excluding hydrogens is 364 g/mol. The Bertz CT molecular complexity index is 816. The van der Waals surface area contributed by atoms with Gasteiger partial charge in [-0.3, -0.25) is 4.98 Å². The number of benzene rings is 1. The van der Waals surface area contributed by atoms with Crippen molar-refractivity contribution >= 4 is 12.1 Å². The molecule has 2 aliphatic heterocycles. The molecule has 1 aromatic heterocycles. The first kappa shape index (κ1) is 18.4. The van der Waals surface area contributed by atoms with Crippen LogP contribution in [0.5, 0.6) is 0 Å². The summed E-state index contributed by atoms with van der Waals surface area (Å²) in [6.07, 6.45) is 0.436. The maximum Gasteiger partial charge on any atom is 0.407 e. The number of pyridine rings is 1. The molecule has 0 spiro atoms. The van der Waals surface area contributed by atoms with Gasteiger partial charge in [0.05, 0.1) is 18.8 Å². The second kappa shape index (κ2) is 8.37. The second-order valence-corrected chi connectivity index (χ2v) is 6.56. The summed E-state index contributed by atoms with van der Waals surface area (Å²) in [5, 5.41) is 2.71. The predicted octanol–water partition coefficient (Wildman–Crippen LogP) is 1.70. The van der Waals surface area contributed by atoms with Gasteiger partial charge in [-0.05, 0) is 17.7 Å². The molecule has 28 heavy (non-hydrogen) atoms. The lowest BCUT2D eigenvalue weighted by Gasteiger charge is -2.17. The average Bonchev–Trinajstić information content (AvgIpc) is 3.31. The molecule has 0 radical (unpaired) electrons. The van der Waals surface area contributed by atoms with Crippen LogP contribution in [0.3, 0.4) is 0 Å². The van der Waals surface area contributed by atoms with Crippen molar-refractivity contribution in [2.75, 3.05) is 13.2 Å². The minimum Gasteiger partial charge on any atom is -0.453 e. The van der Waals surface area contributed by atoms with Crippen molar-refractivity contribution in [2.24, 2.45) is 0 Å². The highest BCUT2D eigenvalue weighted by atomic mass is 16.7. The van der Waals surface area contributed by atoms with E-state index in [1.807, 2.05) is 30.3 Å². The van der Waals surface area contributed by atoms with Gasteiger partial charge in [-0.1, -0.05) is 30.3 Å². The smallest absolute Gasteiger partial charge is 0.407 e. The van der Waals surface area contributed by atoms with E-state index in [9.17, 15) is 9.59 Å². The van der Waals surface area contributed by atoms with E-state index in [1.54, 1.807) is 18.3 Å². The van der Waals surface area contributed by atoms with Crippen molar-refractivity contribution < 1.29 is 28.5 Å². The molecule has 2 aliphatic rings. The molecule has 3 heterocycles. The van der Waals surface area contributed by atoms with E-state index in [0.29, 0.717) is 12.1 Å². The molecular formula is C20H20N2O6. The number of nitrogens with zero attached hydrogens (tertiary/aromatic N) is 1. The number of carbonyl (C=O) groups excluding carboxylic acids is 2. The number of nitrogens with one attached hydrogen (secondary N) is 1. The van der Waals surface area contributed by atoms with E-state index < -0.39 is 36.5 Å². The van der Waals surface area contributed by atoms with Gasteiger partial charge in [-0.15, -0.1) is 0 Å². The zero-order chi connectivity index (χ0) is 19.3. The molecule has 146 valence electrons. The third kappa shape index (κ3) is 4.13. The molecule has 1 amide bonds. The van der Waals surface area contributed by atoms with E-state index in [1.165, 1.54) is 6.20 Å². The topological polar surface area (TPSA) is 96.0 Å². The van der Waals surface area contributed by atoms with Gasteiger partial charge in [-0.2, -0.15) is 0 Å². The summed E-state index contributed by atoms with van der Waals surface area (Å²) in [4.78, 5) is 28.2. The number of hydrogen-bond acceptors (Lipinski definition) is 7. The van der Waals surface area contributed by atoms with Crippen molar-refractivity contribution in [3.63, 3.8) is 0 Å². The Kier molecular flexibility index (Phi) is 5.50. The van der Waals surface area contributed by atoms with Gasteiger partial charge in [0.1, 0.15) is 12.2 Å².